The molecule has 0 unspecified atom stereocenters. The molecule has 0 radical (unpaired) electrons. The summed E-state index contributed by atoms with van der Waals surface area (Å²) in [7, 11) is 1.70. The molecule has 0 saturated carbocycles. The molecular weight excluding hydrogens is 437 g/mol. The number of piperazine rings is 1. The third-order valence-corrected chi connectivity index (χ3v) is 6.28. The number of amides is 4. The molecule has 4 amide bonds. The van der Waals surface area contributed by atoms with E-state index in [4.69, 9.17) is 0 Å². The van der Waals surface area contributed by atoms with Crippen molar-refractivity contribution < 1.29 is 18.8 Å². The van der Waals surface area contributed by atoms with Crippen LogP contribution in [0.2, 0.25) is 0 Å². The molecule has 2 aromatic rings. The molecule has 0 spiro atoms. The van der Waals surface area contributed by atoms with Crippen LogP contribution in [-0.4, -0.2) is 70.0 Å². The lowest BCUT2D eigenvalue weighted by Gasteiger charge is -2.54. The first-order chi connectivity index (χ1) is 16.4. The number of fused-ring (bicyclic) bond motifs is 1. The first-order valence-electron chi connectivity index (χ1n) is 11.6. The average molecular weight is 468 g/mol. The average Bonchev–Trinajstić information content (AvgIpc) is 2.82. The van der Waals surface area contributed by atoms with Gasteiger partial charge in [0, 0.05) is 20.1 Å². The zero-order valence-corrected chi connectivity index (χ0v) is 19.5. The molecule has 2 aliphatic heterocycles. The van der Waals surface area contributed by atoms with E-state index < -0.39 is 12.2 Å². The quantitative estimate of drug-likeness (QED) is 0.709. The minimum atomic E-state index is -0.644. The molecule has 0 bridgehead atoms. The maximum Gasteiger partial charge on any atom is 0.334 e. The van der Waals surface area contributed by atoms with Crippen molar-refractivity contribution in [2.75, 3.05) is 20.1 Å². The molecule has 2 aliphatic rings. The minimum Gasteiger partial charge on any atom is -0.333 e. The Balaban J connectivity index is 1.59. The van der Waals surface area contributed by atoms with Crippen LogP contribution in [0, 0.1) is 5.82 Å². The number of carbonyl (C=O) groups excluding carboxylic acids is 3. The van der Waals surface area contributed by atoms with Gasteiger partial charge in [0.25, 0.3) is 0 Å². The zero-order valence-electron chi connectivity index (χ0n) is 19.5. The molecule has 9 heteroatoms. The van der Waals surface area contributed by atoms with Gasteiger partial charge in [-0.25, -0.2) is 19.2 Å². The van der Waals surface area contributed by atoms with Crippen LogP contribution in [0.25, 0.3) is 0 Å². The number of rotatable bonds is 6. The lowest BCUT2D eigenvalue weighted by Crippen LogP contribution is -2.75. The molecule has 4 rings (SSSR count). The highest BCUT2D eigenvalue weighted by atomic mass is 19.1. The SMILES string of the molecule is CCC[C@H]1C(=O)N(Cc2ccc(F)cc2)C[C@H]2N1C(=O)CN(C)N2C(=O)NCc1ccccc1. The van der Waals surface area contributed by atoms with E-state index in [9.17, 15) is 18.8 Å². The Labute approximate surface area is 198 Å². The standard InChI is InChI=1S/C25H30FN5O3/c1-3-7-21-24(33)29(15-19-10-12-20(26)13-11-19)16-22-30(21)23(32)17-28(2)31(22)25(34)27-14-18-8-5-4-6-9-18/h4-6,8-13,21-22H,3,7,14-17H2,1-2H3,(H,27,34)/t21-,22-/m0/s1. The molecule has 2 saturated heterocycles. The third-order valence-electron chi connectivity index (χ3n) is 6.28. The third kappa shape index (κ3) is 4.89. The predicted octanol–water partition coefficient (Wildman–Crippen LogP) is 2.56. The monoisotopic (exact) mass is 467 g/mol. The van der Waals surface area contributed by atoms with Gasteiger partial charge in [0.2, 0.25) is 11.8 Å². The molecule has 8 nitrogen and oxygen atoms in total. The summed E-state index contributed by atoms with van der Waals surface area (Å²) in [5.74, 6) is -0.665. The van der Waals surface area contributed by atoms with Gasteiger partial charge in [-0.3, -0.25) is 9.59 Å². The van der Waals surface area contributed by atoms with Crippen LogP contribution in [0.5, 0.6) is 0 Å². The first-order valence-corrected chi connectivity index (χ1v) is 11.6. The summed E-state index contributed by atoms with van der Waals surface area (Å²) in [4.78, 5) is 42.9. The van der Waals surface area contributed by atoms with Gasteiger partial charge in [0.1, 0.15) is 18.0 Å². The molecule has 180 valence electrons. The summed E-state index contributed by atoms with van der Waals surface area (Å²) in [6.45, 7) is 2.78. The first kappa shape index (κ1) is 23.7. The summed E-state index contributed by atoms with van der Waals surface area (Å²) >= 11 is 0. The van der Waals surface area contributed by atoms with Crippen molar-refractivity contribution >= 4 is 17.8 Å². The van der Waals surface area contributed by atoms with Crippen LogP contribution in [-0.2, 0) is 22.7 Å². The molecule has 2 aromatic carbocycles. The summed E-state index contributed by atoms with van der Waals surface area (Å²) in [5, 5.41) is 6.09. The predicted molar refractivity (Wildman–Crippen MR) is 124 cm³/mol. The number of likely N-dealkylation sites (N-methyl/N-ethyl adjacent to an activating group) is 1. The zero-order chi connectivity index (χ0) is 24.2. The van der Waals surface area contributed by atoms with Crippen LogP contribution in [0.1, 0.15) is 30.9 Å². The number of hydrogen-bond donors (Lipinski definition) is 1. The summed E-state index contributed by atoms with van der Waals surface area (Å²) in [6, 6.07) is 14.6. The fourth-order valence-corrected chi connectivity index (χ4v) is 4.66. The smallest absolute Gasteiger partial charge is 0.333 e. The maximum atomic E-state index is 13.4. The second kappa shape index (κ2) is 10.2. The number of hydrazine groups is 1. The maximum absolute atomic E-state index is 13.4. The van der Waals surface area contributed by atoms with E-state index in [2.05, 4.69) is 5.32 Å². The molecule has 1 N–H and O–H groups in total. The van der Waals surface area contributed by atoms with E-state index in [1.54, 1.807) is 34.0 Å². The minimum absolute atomic E-state index is 0.0146. The van der Waals surface area contributed by atoms with Crippen molar-refractivity contribution in [1.82, 2.24) is 25.1 Å². The van der Waals surface area contributed by atoms with Gasteiger partial charge in [-0.1, -0.05) is 55.8 Å². The van der Waals surface area contributed by atoms with Crippen LogP contribution in [0.3, 0.4) is 0 Å². The van der Waals surface area contributed by atoms with Crippen molar-refractivity contribution in [1.29, 1.82) is 0 Å². The number of halogens is 1. The van der Waals surface area contributed by atoms with Gasteiger partial charge in [0.05, 0.1) is 13.1 Å². The highest BCUT2D eigenvalue weighted by Gasteiger charge is 2.50. The lowest BCUT2D eigenvalue weighted by atomic mass is 10.0. The Morgan fingerprint density at radius 1 is 1.06 bits per heavy atom. The second-order valence-electron chi connectivity index (χ2n) is 8.74. The number of nitrogens with one attached hydrogen (secondary N) is 1. The fraction of sp³-hybridized carbons (Fsp3) is 0.400. The van der Waals surface area contributed by atoms with E-state index >= 15 is 0 Å². The van der Waals surface area contributed by atoms with Crippen LogP contribution >= 0.6 is 0 Å². The second-order valence-corrected chi connectivity index (χ2v) is 8.74. The van der Waals surface area contributed by atoms with Crippen molar-refractivity contribution in [2.24, 2.45) is 0 Å². The van der Waals surface area contributed by atoms with Gasteiger partial charge in [0.15, 0.2) is 0 Å². The molecule has 2 atom stereocenters. The topological polar surface area (TPSA) is 76.2 Å². The van der Waals surface area contributed by atoms with Crippen molar-refractivity contribution in [2.45, 2.75) is 45.1 Å². The van der Waals surface area contributed by atoms with Gasteiger partial charge in [-0.15, -0.1) is 0 Å². The van der Waals surface area contributed by atoms with E-state index in [1.165, 1.54) is 17.1 Å². The Kier molecular flexibility index (Phi) is 7.12. The Bertz CT molecular complexity index is 1030. The van der Waals surface area contributed by atoms with E-state index in [0.717, 1.165) is 11.1 Å². The summed E-state index contributed by atoms with van der Waals surface area (Å²) in [5.41, 5.74) is 1.75. The van der Waals surface area contributed by atoms with Gasteiger partial charge >= 0.3 is 6.03 Å². The van der Waals surface area contributed by atoms with Crippen molar-refractivity contribution in [3.8, 4) is 0 Å². The fourth-order valence-electron chi connectivity index (χ4n) is 4.66. The normalized spacial score (nSPS) is 21.0. The van der Waals surface area contributed by atoms with Crippen LogP contribution < -0.4 is 5.32 Å². The van der Waals surface area contributed by atoms with Gasteiger partial charge in [-0.2, -0.15) is 0 Å². The van der Waals surface area contributed by atoms with Crippen molar-refractivity contribution in [3.63, 3.8) is 0 Å². The largest absolute Gasteiger partial charge is 0.334 e. The number of carbonyl (C=O) groups is 3. The van der Waals surface area contributed by atoms with E-state index in [1.807, 2.05) is 37.3 Å². The van der Waals surface area contributed by atoms with Gasteiger partial charge in [-0.05, 0) is 29.7 Å². The van der Waals surface area contributed by atoms with E-state index in [-0.39, 0.29) is 43.3 Å². The van der Waals surface area contributed by atoms with Gasteiger partial charge < -0.3 is 15.1 Å². The highest BCUT2D eigenvalue weighted by molar-refractivity contribution is 5.91. The molecule has 2 fully saturated rings. The molecule has 0 aromatic heterocycles. The molecular formula is C25H30FN5O3. The van der Waals surface area contributed by atoms with Crippen LogP contribution in [0.15, 0.2) is 54.6 Å². The lowest BCUT2D eigenvalue weighted by molar-refractivity contribution is -0.188. The molecule has 2 heterocycles. The number of urea groups is 1. The van der Waals surface area contributed by atoms with Crippen molar-refractivity contribution in [3.05, 3.63) is 71.5 Å². The molecule has 34 heavy (non-hydrogen) atoms. The number of nitrogens with zero attached hydrogens (tertiary/aromatic N) is 4. The molecule has 0 aliphatic carbocycles. The summed E-state index contributed by atoms with van der Waals surface area (Å²) < 4.78 is 13.4. The Hall–Kier alpha value is -3.46. The Morgan fingerprint density at radius 3 is 2.44 bits per heavy atom. The Morgan fingerprint density at radius 2 is 1.76 bits per heavy atom. The number of benzene rings is 2. The highest BCUT2D eigenvalue weighted by Crippen LogP contribution is 2.28. The van der Waals surface area contributed by atoms with Crippen LogP contribution in [0.4, 0.5) is 9.18 Å². The number of hydrogen-bond acceptors (Lipinski definition) is 4. The summed E-state index contributed by atoms with van der Waals surface area (Å²) in [6.07, 6.45) is 0.592. The van der Waals surface area contributed by atoms with E-state index in [0.29, 0.717) is 19.4 Å².